The van der Waals surface area contributed by atoms with Crippen LogP contribution in [0.4, 0.5) is 36.7 Å². The molecule has 0 aliphatic carbocycles. The number of carbonyl (C=O) groups is 2. The highest BCUT2D eigenvalue weighted by Crippen LogP contribution is 2.51. The molecule has 8 nitrogen and oxygen atoms in total. The maximum atomic E-state index is 13.7. The molecule has 6 aromatic rings. The lowest BCUT2D eigenvalue weighted by Gasteiger charge is -2.43. The van der Waals surface area contributed by atoms with E-state index in [9.17, 15) is 14.0 Å². The number of rotatable bonds is 13. The van der Waals surface area contributed by atoms with Gasteiger partial charge in [-0.1, -0.05) is 115 Å². The smallest absolute Gasteiger partial charge is 0.411 e. The summed E-state index contributed by atoms with van der Waals surface area (Å²) in [6.07, 6.45) is 6.73. The minimum absolute atomic E-state index is 0.133. The second-order valence-electron chi connectivity index (χ2n) is 19.9. The Morgan fingerprint density at radius 2 is 0.944 bits per heavy atom. The molecule has 0 saturated heterocycles. The van der Waals surface area contributed by atoms with E-state index in [1.165, 1.54) is 79.1 Å². The van der Waals surface area contributed by atoms with Crippen LogP contribution in [0.5, 0.6) is 0 Å². The van der Waals surface area contributed by atoms with Crippen LogP contribution in [0.2, 0.25) is 0 Å². The van der Waals surface area contributed by atoms with Crippen molar-refractivity contribution in [3.8, 4) is 0 Å². The van der Waals surface area contributed by atoms with E-state index in [0.29, 0.717) is 30.9 Å². The van der Waals surface area contributed by atoms with Crippen LogP contribution in [0.15, 0.2) is 121 Å². The second-order valence-corrected chi connectivity index (χ2v) is 20.3. The SMILES string of the molecule is CCCCOC(=O)Nc1cc2c3c(c1)[C@H](c1cccc(C)c1)CCN3CC[C@H]2c1cccc(C)c1.Cc1ccc([C@@H]2CCN3CC[C@@H](c4ccc(F)cc4)c4cc(NC(=O)OCCCCCl)cc2c43)cc1. The highest BCUT2D eigenvalue weighted by atomic mass is 35.5. The average Bonchev–Trinajstić information content (AvgIpc) is 3.36. The van der Waals surface area contributed by atoms with Gasteiger partial charge in [0.15, 0.2) is 0 Å². The molecule has 4 aliphatic heterocycles. The largest absolute Gasteiger partial charge is 0.449 e. The van der Waals surface area contributed by atoms with E-state index in [-0.39, 0.29) is 23.7 Å². The van der Waals surface area contributed by atoms with Crippen LogP contribution in [0, 0.1) is 26.6 Å². The Morgan fingerprint density at radius 1 is 0.535 bits per heavy atom. The third-order valence-corrected chi connectivity index (χ3v) is 15.1. The second kappa shape index (κ2) is 22.8. The summed E-state index contributed by atoms with van der Waals surface area (Å²) in [4.78, 5) is 30.2. The van der Waals surface area contributed by atoms with Gasteiger partial charge in [0.2, 0.25) is 0 Å². The zero-order valence-corrected chi connectivity index (χ0v) is 42.5. The summed E-state index contributed by atoms with van der Waals surface area (Å²) in [5.74, 6) is 1.33. The first-order valence-electron chi connectivity index (χ1n) is 25.8. The molecule has 0 aromatic heterocycles. The molecule has 4 atom stereocenters. The van der Waals surface area contributed by atoms with Gasteiger partial charge in [-0.15, -0.1) is 11.6 Å². The monoisotopic (exact) mass is 974 g/mol. The van der Waals surface area contributed by atoms with Crippen LogP contribution in [-0.2, 0) is 9.47 Å². The molecule has 0 bridgehead atoms. The Bertz CT molecular complexity index is 2660. The Kier molecular flexibility index (Phi) is 16.0. The fourth-order valence-corrected chi connectivity index (χ4v) is 11.5. The summed E-state index contributed by atoms with van der Waals surface area (Å²) in [6.45, 7) is 13.4. The molecule has 4 aliphatic rings. The van der Waals surface area contributed by atoms with Crippen LogP contribution in [0.1, 0.15) is 143 Å². The summed E-state index contributed by atoms with van der Waals surface area (Å²) in [5.41, 5.74) is 18.1. The molecule has 0 unspecified atom stereocenters. The summed E-state index contributed by atoms with van der Waals surface area (Å²) >= 11 is 5.73. The van der Waals surface area contributed by atoms with Gasteiger partial charge in [-0.3, -0.25) is 10.6 Å². The lowest BCUT2D eigenvalue weighted by atomic mass is 9.76. The van der Waals surface area contributed by atoms with E-state index >= 15 is 0 Å². The standard InChI is InChI=1S/C31H36N2O2.C30H32ClFN2O2/c1-4-5-16-35-31(34)32-25-19-28-26(23-10-6-8-21(2)17-23)12-14-33-15-13-27(29(20-25)30(28)33)24-11-7-9-22(3)18-24;1-20-4-6-21(7-5-20)25-12-15-34-16-13-26(22-8-10-23(32)11-9-22)28-19-24(18-27(25)29(28)34)33-30(35)36-17-3-2-14-31/h6-11,17-20,26-27H,4-5,12-16H2,1-3H3,(H,32,34);4-11,18-19,25-26H,2-3,12-17H2,1H3,(H,33,35)/t26-,27-;25-,26-/m00/s1. The number of benzene rings is 6. The average molecular weight is 976 g/mol. The van der Waals surface area contributed by atoms with Crippen LogP contribution >= 0.6 is 11.6 Å². The van der Waals surface area contributed by atoms with Crippen LogP contribution in [0.25, 0.3) is 0 Å². The van der Waals surface area contributed by atoms with Crippen molar-refractivity contribution < 1.29 is 23.5 Å². The first-order chi connectivity index (χ1) is 34.6. The van der Waals surface area contributed by atoms with Crippen LogP contribution < -0.4 is 20.4 Å². The van der Waals surface area contributed by atoms with E-state index < -0.39 is 6.09 Å². The third-order valence-electron chi connectivity index (χ3n) is 14.8. The molecule has 10 rings (SSSR count). The fraction of sp³-hybridized carbons (Fsp3) is 0.377. The minimum Gasteiger partial charge on any atom is -0.449 e. The van der Waals surface area contributed by atoms with Gasteiger partial charge in [0.25, 0.3) is 0 Å². The van der Waals surface area contributed by atoms with Crippen molar-refractivity contribution in [3.63, 3.8) is 0 Å². The summed E-state index contributed by atoms with van der Waals surface area (Å²) in [7, 11) is 0. The van der Waals surface area contributed by atoms with Crippen molar-refractivity contribution in [1.82, 2.24) is 0 Å². The van der Waals surface area contributed by atoms with Gasteiger partial charge in [-0.2, -0.15) is 0 Å². The lowest BCUT2D eigenvalue weighted by Crippen LogP contribution is -2.37. The number of ether oxygens (including phenoxy) is 2. The van der Waals surface area contributed by atoms with Crippen molar-refractivity contribution in [2.75, 3.05) is 65.7 Å². The van der Waals surface area contributed by atoms with E-state index in [4.69, 9.17) is 21.1 Å². The number of nitrogens with zero attached hydrogens (tertiary/aromatic N) is 2. The fourth-order valence-electron chi connectivity index (χ4n) is 11.4. The quantitative estimate of drug-likeness (QED) is 0.0886. The molecule has 0 radical (unpaired) electrons. The summed E-state index contributed by atoms with van der Waals surface area (Å²) in [5, 5.41) is 6.02. The molecule has 6 aromatic carbocycles. The van der Waals surface area contributed by atoms with Gasteiger partial charge in [0.1, 0.15) is 5.82 Å². The molecule has 370 valence electrons. The van der Waals surface area contributed by atoms with Gasteiger partial charge >= 0.3 is 12.2 Å². The summed E-state index contributed by atoms with van der Waals surface area (Å²) < 4.78 is 24.5. The number of amides is 2. The third kappa shape index (κ3) is 11.6. The zero-order valence-electron chi connectivity index (χ0n) is 41.7. The first-order valence-corrected chi connectivity index (χ1v) is 26.3. The summed E-state index contributed by atoms with van der Waals surface area (Å²) in [6, 6.07) is 41.9. The van der Waals surface area contributed by atoms with Crippen molar-refractivity contribution in [2.45, 2.75) is 103 Å². The Morgan fingerprint density at radius 3 is 1.35 bits per heavy atom. The number of aryl methyl sites for hydroxylation is 3. The van der Waals surface area contributed by atoms with Crippen molar-refractivity contribution in [3.05, 3.63) is 188 Å². The zero-order chi connectivity index (χ0) is 49.4. The minimum atomic E-state index is -0.453. The number of alkyl halides is 1. The topological polar surface area (TPSA) is 83.1 Å². The van der Waals surface area contributed by atoms with Crippen molar-refractivity contribution >= 4 is 46.5 Å². The number of hydrogen-bond acceptors (Lipinski definition) is 6. The number of carbonyl (C=O) groups excluding carboxylic acids is 2. The van der Waals surface area contributed by atoms with E-state index in [2.05, 4.69) is 145 Å². The van der Waals surface area contributed by atoms with Gasteiger partial charge in [0, 0.05) is 78.5 Å². The molecule has 10 heteroatoms. The van der Waals surface area contributed by atoms with Crippen LogP contribution in [-0.4, -0.2) is 57.5 Å². The molecule has 0 spiro atoms. The number of unbranched alkanes of at least 4 members (excludes halogenated alkanes) is 2. The maximum absolute atomic E-state index is 13.7. The molecule has 2 amide bonds. The molecule has 4 heterocycles. The van der Waals surface area contributed by atoms with E-state index in [1.54, 1.807) is 0 Å². The van der Waals surface area contributed by atoms with Gasteiger partial charge in [-0.05, 0) is 147 Å². The number of hydrogen-bond donors (Lipinski definition) is 2. The molecule has 0 fully saturated rings. The molecular weight excluding hydrogens is 907 g/mol. The molecule has 0 saturated carbocycles. The van der Waals surface area contributed by atoms with E-state index in [0.717, 1.165) is 94.5 Å². The Balaban J connectivity index is 0.000000176. The molecule has 71 heavy (non-hydrogen) atoms. The maximum Gasteiger partial charge on any atom is 0.411 e. The molecule has 2 N–H and O–H groups in total. The Labute approximate surface area is 424 Å². The number of anilines is 4. The Hall–Kier alpha value is -6.32. The molecular formula is C61H68ClFN4O4. The van der Waals surface area contributed by atoms with Crippen LogP contribution in [0.3, 0.4) is 0 Å². The van der Waals surface area contributed by atoms with Gasteiger partial charge in [-0.25, -0.2) is 14.0 Å². The highest BCUT2D eigenvalue weighted by Gasteiger charge is 2.37. The van der Waals surface area contributed by atoms with Crippen molar-refractivity contribution in [2.24, 2.45) is 0 Å². The normalized spacial score (nSPS) is 18.6. The van der Waals surface area contributed by atoms with Gasteiger partial charge < -0.3 is 19.3 Å². The van der Waals surface area contributed by atoms with E-state index in [1.807, 2.05) is 12.1 Å². The number of halogens is 2. The predicted molar refractivity (Wildman–Crippen MR) is 288 cm³/mol. The van der Waals surface area contributed by atoms with Crippen molar-refractivity contribution in [1.29, 1.82) is 0 Å². The number of nitrogens with one attached hydrogen (secondary N) is 2. The highest BCUT2D eigenvalue weighted by molar-refractivity contribution is 6.17. The first kappa shape index (κ1) is 49.7. The van der Waals surface area contributed by atoms with Gasteiger partial charge in [0.05, 0.1) is 13.2 Å². The predicted octanol–water partition coefficient (Wildman–Crippen LogP) is 15.1. The lowest BCUT2D eigenvalue weighted by molar-refractivity contribution is 0.159.